The zero-order valence-electron chi connectivity index (χ0n) is 15.3. The van der Waals surface area contributed by atoms with E-state index in [1.54, 1.807) is 37.3 Å². The average Bonchev–Trinajstić information content (AvgIpc) is 2.65. The number of urea groups is 1. The van der Waals surface area contributed by atoms with E-state index in [-0.39, 0.29) is 12.4 Å². The molecule has 140 valence electrons. The Kier molecular flexibility index (Phi) is 6.66. The Labute approximate surface area is 152 Å². The molecule has 2 aromatic rings. The molecule has 6 nitrogen and oxygen atoms in total. The summed E-state index contributed by atoms with van der Waals surface area (Å²) in [5, 5.41) is 5.44. The molecule has 2 rings (SSSR count). The minimum absolute atomic E-state index is 0.208. The van der Waals surface area contributed by atoms with Crippen molar-refractivity contribution >= 4 is 6.03 Å². The van der Waals surface area contributed by atoms with Crippen molar-refractivity contribution in [3.8, 4) is 17.2 Å². The third-order valence-electron chi connectivity index (χ3n) is 3.94. The Morgan fingerprint density at radius 3 is 2.35 bits per heavy atom. The van der Waals surface area contributed by atoms with Gasteiger partial charge in [-0.3, -0.25) is 0 Å². The smallest absolute Gasteiger partial charge is 0.315 e. The van der Waals surface area contributed by atoms with Crippen LogP contribution in [0.4, 0.5) is 9.18 Å². The minimum Gasteiger partial charge on any atom is -0.493 e. The van der Waals surface area contributed by atoms with Gasteiger partial charge >= 0.3 is 6.03 Å². The molecular formula is C19H23FN2O4. The lowest BCUT2D eigenvalue weighted by molar-refractivity contribution is 0.237. The Balaban J connectivity index is 2.04. The molecule has 0 bridgehead atoms. The lowest BCUT2D eigenvalue weighted by atomic mass is 10.1. The highest BCUT2D eigenvalue weighted by Gasteiger charge is 2.17. The number of carbonyl (C=O) groups excluding carboxylic acids is 1. The molecule has 2 amide bonds. The molecule has 0 saturated carbocycles. The van der Waals surface area contributed by atoms with E-state index in [1.165, 1.54) is 27.4 Å². The van der Waals surface area contributed by atoms with Crippen LogP contribution in [0, 0.1) is 5.82 Å². The lowest BCUT2D eigenvalue weighted by Crippen LogP contribution is -2.37. The molecule has 26 heavy (non-hydrogen) atoms. The third-order valence-corrected chi connectivity index (χ3v) is 3.94. The standard InChI is InChI=1S/C19H23FN2O4/c1-12(14-7-5-6-8-15(14)20)22-19(23)21-11-13-9-10-16(24-2)18(26-4)17(13)25-3/h5-10,12H,11H2,1-4H3,(H2,21,22,23)/t12-/m1/s1. The molecule has 0 radical (unpaired) electrons. The summed E-state index contributed by atoms with van der Waals surface area (Å²) >= 11 is 0. The van der Waals surface area contributed by atoms with Gasteiger partial charge < -0.3 is 24.8 Å². The topological polar surface area (TPSA) is 68.8 Å². The van der Waals surface area contributed by atoms with Crippen molar-refractivity contribution < 1.29 is 23.4 Å². The summed E-state index contributed by atoms with van der Waals surface area (Å²) in [5.41, 5.74) is 1.14. The van der Waals surface area contributed by atoms with Crippen LogP contribution in [0.25, 0.3) is 0 Å². The Morgan fingerprint density at radius 2 is 1.73 bits per heavy atom. The largest absolute Gasteiger partial charge is 0.493 e. The van der Waals surface area contributed by atoms with Gasteiger partial charge in [0.15, 0.2) is 11.5 Å². The second kappa shape index (κ2) is 8.94. The maximum atomic E-state index is 13.8. The van der Waals surface area contributed by atoms with Crippen molar-refractivity contribution in [3.63, 3.8) is 0 Å². The molecule has 0 saturated heterocycles. The zero-order valence-corrected chi connectivity index (χ0v) is 15.3. The summed E-state index contributed by atoms with van der Waals surface area (Å²) in [6.45, 7) is 1.92. The van der Waals surface area contributed by atoms with Gasteiger partial charge in [0, 0.05) is 17.7 Å². The van der Waals surface area contributed by atoms with E-state index < -0.39 is 12.1 Å². The van der Waals surface area contributed by atoms with Crippen LogP contribution in [0.3, 0.4) is 0 Å². The fourth-order valence-corrected chi connectivity index (χ4v) is 2.63. The van der Waals surface area contributed by atoms with Crippen LogP contribution >= 0.6 is 0 Å². The lowest BCUT2D eigenvalue weighted by Gasteiger charge is -2.18. The highest BCUT2D eigenvalue weighted by molar-refractivity contribution is 5.74. The van der Waals surface area contributed by atoms with E-state index in [4.69, 9.17) is 14.2 Å². The molecule has 0 aliphatic heterocycles. The van der Waals surface area contributed by atoms with Crippen LogP contribution < -0.4 is 24.8 Å². The van der Waals surface area contributed by atoms with Crippen LogP contribution in [0.1, 0.15) is 24.1 Å². The number of amides is 2. The number of hydrogen-bond acceptors (Lipinski definition) is 4. The maximum absolute atomic E-state index is 13.8. The molecule has 2 N–H and O–H groups in total. The molecule has 0 aromatic heterocycles. The van der Waals surface area contributed by atoms with Crippen LogP contribution in [0.2, 0.25) is 0 Å². The van der Waals surface area contributed by atoms with Crippen LogP contribution in [0.15, 0.2) is 36.4 Å². The molecule has 0 aliphatic carbocycles. The number of ether oxygens (including phenoxy) is 3. The quantitative estimate of drug-likeness (QED) is 0.792. The molecule has 0 spiro atoms. The van der Waals surface area contributed by atoms with Crippen molar-refractivity contribution in [2.75, 3.05) is 21.3 Å². The van der Waals surface area contributed by atoms with Gasteiger partial charge in [0.25, 0.3) is 0 Å². The van der Waals surface area contributed by atoms with Gasteiger partial charge in [-0.25, -0.2) is 9.18 Å². The zero-order chi connectivity index (χ0) is 19.1. The highest BCUT2D eigenvalue weighted by Crippen LogP contribution is 2.39. The molecule has 1 atom stereocenters. The second-order valence-corrected chi connectivity index (χ2v) is 5.56. The molecule has 0 aliphatic rings. The number of benzene rings is 2. The predicted octanol–water partition coefficient (Wildman–Crippen LogP) is 3.41. The van der Waals surface area contributed by atoms with Crippen molar-refractivity contribution in [2.24, 2.45) is 0 Å². The van der Waals surface area contributed by atoms with E-state index in [0.29, 0.717) is 22.8 Å². The molecule has 0 fully saturated rings. The fraction of sp³-hybridized carbons (Fsp3) is 0.316. The number of halogens is 1. The van der Waals surface area contributed by atoms with E-state index in [0.717, 1.165) is 5.56 Å². The van der Waals surface area contributed by atoms with Crippen LogP contribution in [-0.2, 0) is 6.54 Å². The Hall–Kier alpha value is -2.96. The number of rotatable bonds is 7. The summed E-state index contributed by atoms with van der Waals surface area (Å²) in [5.74, 6) is 1.11. The number of carbonyl (C=O) groups is 1. The van der Waals surface area contributed by atoms with Crippen molar-refractivity contribution in [1.29, 1.82) is 0 Å². The molecule has 0 heterocycles. The Morgan fingerprint density at radius 1 is 1.04 bits per heavy atom. The van der Waals surface area contributed by atoms with Crippen molar-refractivity contribution in [1.82, 2.24) is 10.6 Å². The van der Waals surface area contributed by atoms with E-state index in [9.17, 15) is 9.18 Å². The van der Waals surface area contributed by atoms with Crippen molar-refractivity contribution in [3.05, 3.63) is 53.3 Å². The van der Waals surface area contributed by atoms with E-state index in [2.05, 4.69) is 10.6 Å². The first-order valence-electron chi connectivity index (χ1n) is 8.08. The first-order valence-corrected chi connectivity index (χ1v) is 8.08. The predicted molar refractivity (Wildman–Crippen MR) is 96.3 cm³/mol. The van der Waals surface area contributed by atoms with Gasteiger partial charge in [-0.05, 0) is 25.1 Å². The second-order valence-electron chi connectivity index (χ2n) is 5.56. The summed E-state index contributed by atoms with van der Waals surface area (Å²) in [6, 6.07) is 8.95. The van der Waals surface area contributed by atoms with Crippen LogP contribution in [0.5, 0.6) is 17.2 Å². The monoisotopic (exact) mass is 362 g/mol. The summed E-state index contributed by atoms with van der Waals surface area (Å²) in [4.78, 5) is 12.1. The first-order chi connectivity index (χ1) is 12.5. The van der Waals surface area contributed by atoms with E-state index in [1.807, 2.05) is 0 Å². The maximum Gasteiger partial charge on any atom is 0.315 e. The summed E-state index contributed by atoms with van der Waals surface area (Å²) in [7, 11) is 4.56. The number of methoxy groups -OCH3 is 3. The van der Waals surface area contributed by atoms with Gasteiger partial charge in [-0.1, -0.05) is 18.2 Å². The van der Waals surface area contributed by atoms with Gasteiger partial charge in [0.1, 0.15) is 5.82 Å². The third kappa shape index (κ3) is 4.36. The number of hydrogen-bond donors (Lipinski definition) is 2. The molecular weight excluding hydrogens is 339 g/mol. The van der Waals surface area contributed by atoms with Crippen molar-refractivity contribution in [2.45, 2.75) is 19.5 Å². The minimum atomic E-state index is -0.469. The van der Waals surface area contributed by atoms with Gasteiger partial charge in [-0.2, -0.15) is 0 Å². The highest BCUT2D eigenvalue weighted by atomic mass is 19.1. The fourth-order valence-electron chi connectivity index (χ4n) is 2.63. The number of nitrogens with one attached hydrogen (secondary N) is 2. The normalized spacial score (nSPS) is 11.4. The molecule has 7 heteroatoms. The average molecular weight is 362 g/mol. The van der Waals surface area contributed by atoms with E-state index >= 15 is 0 Å². The molecule has 2 aromatic carbocycles. The summed E-state index contributed by atoms with van der Waals surface area (Å²) in [6.07, 6.45) is 0. The van der Waals surface area contributed by atoms with Gasteiger partial charge in [0.2, 0.25) is 5.75 Å². The first kappa shape index (κ1) is 19.4. The van der Waals surface area contributed by atoms with Crippen LogP contribution in [-0.4, -0.2) is 27.4 Å². The Bertz CT molecular complexity index is 767. The van der Waals surface area contributed by atoms with Gasteiger partial charge in [0.05, 0.1) is 27.4 Å². The SMILES string of the molecule is COc1ccc(CNC(=O)N[C@H](C)c2ccccc2F)c(OC)c1OC. The summed E-state index contributed by atoms with van der Waals surface area (Å²) < 4.78 is 29.7. The molecule has 0 unspecified atom stereocenters. The van der Waals surface area contributed by atoms with Gasteiger partial charge in [-0.15, -0.1) is 0 Å².